The van der Waals surface area contributed by atoms with Gasteiger partial charge >= 0.3 is 12.1 Å². The molecule has 3 aromatic rings. The molecule has 9 heteroatoms. The van der Waals surface area contributed by atoms with E-state index < -0.39 is 29.4 Å². The highest BCUT2D eigenvalue weighted by atomic mass is 19.2. The van der Waals surface area contributed by atoms with E-state index >= 15 is 0 Å². The van der Waals surface area contributed by atoms with Gasteiger partial charge in [-0.3, -0.25) is 4.90 Å². The molecule has 3 unspecified atom stereocenters. The number of urea groups is 1. The van der Waals surface area contributed by atoms with Crippen LogP contribution >= 0.6 is 0 Å². The number of cyclic esters (lactones) is 1. The Hall–Kier alpha value is -3.82. The van der Waals surface area contributed by atoms with Gasteiger partial charge in [0.15, 0.2) is 17.2 Å². The van der Waals surface area contributed by atoms with Crippen LogP contribution in [0.25, 0.3) is 0 Å². The van der Waals surface area contributed by atoms with Crippen LogP contribution in [0, 0.1) is 18.6 Å². The Labute approximate surface area is 251 Å². The average molecular weight is 592 g/mol. The SMILES string of the molecule is COCc1ccc(C2CC(c3ccc(C)cc3)CCN2CCCNC(=O)N2CC(C)(c3ccc(F)c(F)c3)OC2=O)cc1. The number of methoxy groups -OCH3 is 1. The maximum Gasteiger partial charge on any atom is 0.419 e. The molecule has 2 heterocycles. The van der Waals surface area contributed by atoms with Crippen LogP contribution in [0.2, 0.25) is 0 Å². The van der Waals surface area contributed by atoms with Crippen molar-refractivity contribution in [2.75, 3.05) is 33.3 Å². The van der Waals surface area contributed by atoms with Crippen LogP contribution < -0.4 is 5.32 Å². The van der Waals surface area contributed by atoms with Gasteiger partial charge in [-0.2, -0.15) is 0 Å². The molecule has 0 bridgehead atoms. The number of aryl methyl sites for hydroxylation is 1. The quantitative estimate of drug-likeness (QED) is 0.277. The highest BCUT2D eigenvalue weighted by molar-refractivity contribution is 5.92. The Balaban J connectivity index is 1.19. The molecule has 3 amide bonds. The molecular formula is C34H39F2N3O4. The number of hydrogen-bond donors (Lipinski definition) is 1. The third-order valence-electron chi connectivity index (χ3n) is 8.60. The molecule has 3 atom stereocenters. The van der Waals surface area contributed by atoms with Gasteiger partial charge in [0.25, 0.3) is 0 Å². The molecule has 5 rings (SSSR count). The molecule has 2 fully saturated rings. The lowest BCUT2D eigenvalue weighted by Gasteiger charge is -2.40. The van der Waals surface area contributed by atoms with E-state index in [4.69, 9.17) is 9.47 Å². The summed E-state index contributed by atoms with van der Waals surface area (Å²) in [6.07, 6.45) is 1.93. The van der Waals surface area contributed by atoms with Gasteiger partial charge in [-0.1, -0.05) is 60.2 Å². The number of carbonyl (C=O) groups is 2. The van der Waals surface area contributed by atoms with Crippen LogP contribution in [-0.4, -0.2) is 55.2 Å². The molecule has 2 aliphatic rings. The van der Waals surface area contributed by atoms with Gasteiger partial charge in [0, 0.05) is 31.8 Å². The van der Waals surface area contributed by atoms with Crippen molar-refractivity contribution in [3.05, 3.63) is 106 Å². The molecule has 228 valence electrons. The maximum absolute atomic E-state index is 13.8. The van der Waals surface area contributed by atoms with E-state index in [0.717, 1.165) is 48.5 Å². The third-order valence-corrected chi connectivity index (χ3v) is 8.60. The second-order valence-electron chi connectivity index (χ2n) is 11.8. The van der Waals surface area contributed by atoms with Crippen molar-refractivity contribution in [3.8, 4) is 0 Å². The number of ether oxygens (including phenoxy) is 2. The summed E-state index contributed by atoms with van der Waals surface area (Å²) in [7, 11) is 1.69. The molecule has 2 aliphatic heterocycles. The van der Waals surface area contributed by atoms with Crippen LogP contribution in [-0.2, 0) is 21.7 Å². The Morgan fingerprint density at radius 1 is 1.05 bits per heavy atom. The van der Waals surface area contributed by atoms with E-state index in [9.17, 15) is 18.4 Å². The van der Waals surface area contributed by atoms with Crippen LogP contribution in [0.4, 0.5) is 18.4 Å². The number of nitrogens with one attached hydrogen (secondary N) is 1. The summed E-state index contributed by atoms with van der Waals surface area (Å²) < 4.78 is 37.9. The summed E-state index contributed by atoms with van der Waals surface area (Å²) in [4.78, 5) is 28.9. The van der Waals surface area contributed by atoms with Crippen LogP contribution in [0.1, 0.15) is 66.0 Å². The fourth-order valence-corrected chi connectivity index (χ4v) is 6.12. The summed E-state index contributed by atoms with van der Waals surface area (Å²) in [6, 6.07) is 20.5. The number of piperidine rings is 1. The first-order valence-corrected chi connectivity index (χ1v) is 14.8. The molecule has 0 aromatic heterocycles. The zero-order valence-electron chi connectivity index (χ0n) is 24.9. The van der Waals surface area contributed by atoms with E-state index in [-0.39, 0.29) is 18.2 Å². The molecule has 1 N–H and O–H groups in total. The van der Waals surface area contributed by atoms with Gasteiger partial charge in [-0.25, -0.2) is 23.3 Å². The van der Waals surface area contributed by atoms with Crippen molar-refractivity contribution in [3.63, 3.8) is 0 Å². The lowest BCUT2D eigenvalue weighted by molar-refractivity contribution is 0.0698. The van der Waals surface area contributed by atoms with E-state index in [2.05, 4.69) is 65.7 Å². The van der Waals surface area contributed by atoms with E-state index in [1.807, 2.05) is 0 Å². The maximum atomic E-state index is 13.8. The molecule has 7 nitrogen and oxygen atoms in total. The Kier molecular flexibility index (Phi) is 9.42. The second-order valence-corrected chi connectivity index (χ2v) is 11.8. The smallest absolute Gasteiger partial charge is 0.419 e. The summed E-state index contributed by atoms with van der Waals surface area (Å²) in [5, 5.41) is 2.83. The number of benzene rings is 3. The van der Waals surface area contributed by atoms with Crippen molar-refractivity contribution in [2.24, 2.45) is 0 Å². The summed E-state index contributed by atoms with van der Waals surface area (Å²) in [5.74, 6) is -1.56. The first-order chi connectivity index (χ1) is 20.7. The van der Waals surface area contributed by atoms with Crippen molar-refractivity contribution >= 4 is 12.1 Å². The first kappa shape index (κ1) is 30.6. The fourth-order valence-electron chi connectivity index (χ4n) is 6.12. The third kappa shape index (κ3) is 7.05. The zero-order chi connectivity index (χ0) is 30.6. The van der Waals surface area contributed by atoms with Gasteiger partial charge in [0.05, 0.1) is 13.2 Å². The minimum Gasteiger partial charge on any atom is -0.436 e. The monoisotopic (exact) mass is 591 g/mol. The summed E-state index contributed by atoms with van der Waals surface area (Å²) >= 11 is 0. The van der Waals surface area contributed by atoms with E-state index in [0.29, 0.717) is 25.5 Å². The van der Waals surface area contributed by atoms with Crippen molar-refractivity contribution in [1.82, 2.24) is 15.1 Å². The van der Waals surface area contributed by atoms with E-state index in [1.54, 1.807) is 14.0 Å². The summed E-state index contributed by atoms with van der Waals surface area (Å²) in [5.41, 5.74) is 4.03. The largest absolute Gasteiger partial charge is 0.436 e. The molecule has 0 aliphatic carbocycles. The molecule has 2 saturated heterocycles. The minimum atomic E-state index is -1.27. The zero-order valence-corrected chi connectivity index (χ0v) is 24.9. The minimum absolute atomic E-state index is 0.101. The van der Waals surface area contributed by atoms with Gasteiger partial charge in [-0.15, -0.1) is 0 Å². The first-order valence-electron chi connectivity index (χ1n) is 14.8. The number of imide groups is 1. The Morgan fingerprint density at radius 2 is 1.77 bits per heavy atom. The van der Waals surface area contributed by atoms with Crippen molar-refractivity contribution in [1.29, 1.82) is 0 Å². The molecular weight excluding hydrogens is 552 g/mol. The van der Waals surface area contributed by atoms with Gasteiger partial charge in [0.2, 0.25) is 0 Å². The highest BCUT2D eigenvalue weighted by Crippen LogP contribution is 2.40. The van der Waals surface area contributed by atoms with Crippen LogP contribution in [0.15, 0.2) is 66.7 Å². The fraction of sp³-hybridized carbons (Fsp3) is 0.412. The van der Waals surface area contributed by atoms with Gasteiger partial charge < -0.3 is 14.8 Å². The highest BCUT2D eigenvalue weighted by Gasteiger charge is 2.46. The van der Waals surface area contributed by atoms with E-state index in [1.165, 1.54) is 22.8 Å². The number of hydrogen-bond acceptors (Lipinski definition) is 5. The normalized spacial score (nSPS) is 22.4. The predicted molar refractivity (Wildman–Crippen MR) is 160 cm³/mol. The molecule has 0 spiro atoms. The number of nitrogens with zero attached hydrogens (tertiary/aromatic N) is 2. The number of rotatable bonds is 9. The topological polar surface area (TPSA) is 71.1 Å². The van der Waals surface area contributed by atoms with Crippen molar-refractivity contribution < 1.29 is 27.8 Å². The predicted octanol–water partition coefficient (Wildman–Crippen LogP) is 6.81. The molecule has 0 saturated carbocycles. The molecule has 43 heavy (non-hydrogen) atoms. The Morgan fingerprint density at radius 3 is 2.47 bits per heavy atom. The number of halogens is 2. The number of likely N-dealkylation sites (tertiary alicyclic amines) is 1. The standard InChI is InChI=1S/C34H39F2N3O4/c1-23-5-9-25(10-6-23)27-15-18-38(31(19-27)26-11-7-24(8-12-26)21-42-3)17-4-16-37-32(40)39-22-34(2,43-33(39)41)28-13-14-29(35)30(36)20-28/h5-14,20,27,31H,4,15-19,21-22H2,1-3H3,(H,37,40). The van der Waals surface area contributed by atoms with Crippen LogP contribution in [0.5, 0.6) is 0 Å². The lowest BCUT2D eigenvalue weighted by Crippen LogP contribution is -2.43. The van der Waals surface area contributed by atoms with Gasteiger partial charge in [0.1, 0.15) is 0 Å². The van der Waals surface area contributed by atoms with Crippen molar-refractivity contribution in [2.45, 2.75) is 57.3 Å². The van der Waals surface area contributed by atoms with Crippen LogP contribution in [0.3, 0.4) is 0 Å². The second kappa shape index (κ2) is 13.2. The average Bonchev–Trinajstić information content (AvgIpc) is 3.32. The lowest BCUT2D eigenvalue weighted by atomic mass is 9.82. The molecule has 0 radical (unpaired) electrons. The number of amides is 3. The van der Waals surface area contributed by atoms with Gasteiger partial charge in [-0.05, 0) is 74.4 Å². The Bertz CT molecular complexity index is 1430. The number of carbonyl (C=O) groups excluding carboxylic acids is 2. The summed E-state index contributed by atoms with van der Waals surface area (Å²) in [6.45, 7) is 6.24. The molecule has 3 aromatic carbocycles.